The number of hydrogen-bond acceptors (Lipinski definition) is 6. The number of nitriles is 1. The number of fused-ring (bicyclic) bond motifs is 3. The number of ketones is 1. The minimum Gasteiger partial charge on any atom is -0.293 e. The van der Waals surface area contributed by atoms with Gasteiger partial charge in [-0.1, -0.05) is 37.3 Å². The van der Waals surface area contributed by atoms with Crippen molar-refractivity contribution in [3.05, 3.63) is 83.3 Å². The molecule has 3 aromatic rings. The molecule has 6 heteroatoms. The molecule has 1 aromatic carbocycles. The average molecular weight is 407 g/mol. The zero-order valence-corrected chi connectivity index (χ0v) is 17.4. The summed E-state index contributed by atoms with van der Waals surface area (Å²) < 4.78 is 0. The summed E-state index contributed by atoms with van der Waals surface area (Å²) in [7, 11) is 0. The van der Waals surface area contributed by atoms with Gasteiger partial charge in [-0.3, -0.25) is 4.79 Å². The van der Waals surface area contributed by atoms with E-state index >= 15 is 0 Å². The second-order valence-electron chi connectivity index (χ2n) is 8.28. The van der Waals surface area contributed by atoms with E-state index in [1.54, 1.807) is 12.4 Å². The summed E-state index contributed by atoms with van der Waals surface area (Å²) in [5.41, 5.74) is 4.18. The third kappa shape index (κ3) is 2.81. The third-order valence-electron chi connectivity index (χ3n) is 6.66. The minimum absolute atomic E-state index is 0.0150. The van der Waals surface area contributed by atoms with Crippen molar-refractivity contribution in [3.63, 3.8) is 0 Å². The quantitative estimate of drug-likeness (QED) is 0.642. The normalized spacial score (nSPS) is 24.5. The van der Waals surface area contributed by atoms with Crippen LogP contribution < -0.4 is 0 Å². The number of carbonyl (C=O) groups is 1. The summed E-state index contributed by atoms with van der Waals surface area (Å²) >= 11 is 0. The second-order valence-corrected chi connectivity index (χ2v) is 8.28. The molecular weight excluding hydrogens is 386 g/mol. The Bertz CT molecular complexity index is 1250. The SMILES string of the molecule is Cc1nc(-c2cncnc2)c2c(n1)[C@@]1(c3ccccc3)C=C(C#N)C(=O)[C@@H](C)[C@@H]1CC2. The highest BCUT2D eigenvalue weighted by Crippen LogP contribution is 2.54. The molecule has 3 atom stereocenters. The molecule has 31 heavy (non-hydrogen) atoms. The van der Waals surface area contributed by atoms with E-state index in [4.69, 9.17) is 9.97 Å². The molecule has 2 aliphatic carbocycles. The zero-order valence-electron chi connectivity index (χ0n) is 17.4. The van der Waals surface area contributed by atoms with Gasteiger partial charge >= 0.3 is 0 Å². The number of carbonyl (C=O) groups excluding carboxylic acids is 1. The van der Waals surface area contributed by atoms with Crippen LogP contribution in [-0.4, -0.2) is 25.7 Å². The van der Waals surface area contributed by atoms with Crippen molar-refractivity contribution in [1.29, 1.82) is 5.26 Å². The van der Waals surface area contributed by atoms with Crippen LogP contribution >= 0.6 is 0 Å². The van der Waals surface area contributed by atoms with Crippen LogP contribution in [0, 0.1) is 30.1 Å². The highest BCUT2D eigenvalue weighted by atomic mass is 16.1. The summed E-state index contributed by atoms with van der Waals surface area (Å²) in [6.07, 6.45) is 8.45. The molecule has 0 bridgehead atoms. The van der Waals surface area contributed by atoms with Crippen LogP contribution in [0.2, 0.25) is 0 Å². The molecule has 0 spiro atoms. The lowest BCUT2D eigenvalue weighted by Crippen LogP contribution is -2.48. The molecule has 0 amide bonds. The Morgan fingerprint density at radius 2 is 1.87 bits per heavy atom. The van der Waals surface area contributed by atoms with E-state index in [2.05, 4.69) is 28.2 Å². The maximum absolute atomic E-state index is 12.9. The number of benzene rings is 1. The summed E-state index contributed by atoms with van der Waals surface area (Å²) in [5.74, 6) is 0.308. The molecule has 0 saturated heterocycles. The Kier molecular flexibility index (Phi) is 4.48. The lowest BCUT2D eigenvalue weighted by atomic mass is 9.54. The smallest absolute Gasteiger partial charge is 0.176 e. The van der Waals surface area contributed by atoms with Gasteiger partial charge in [0, 0.05) is 29.4 Å². The Labute approximate surface area is 180 Å². The van der Waals surface area contributed by atoms with Gasteiger partial charge in [-0.15, -0.1) is 0 Å². The molecular formula is C25H21N5O. The maximum atomic E-state index is 12.9. The number of Topliss-reactive ketones (excluding diaryl/α,β-unsaturated/α-hetero) is 1. The van der Waals surface area contributed by atoms with Crippen LogP contribution in [0.25, 0.3) is 11.3 Å². The molecule has 0 saturated carbocycles. The monoisotopic (exact) mass is 407 g/mol. The molecule has 0 unspecified atom stereocenters. The number of nitrogens with zero attached hydrogens (tertiary/aromatic N) is 5. The third-order valence-corrected chi connectivity index (χ3v) is 6.66. The van der Waals surface area contributed by atoms with Crippen LogP contribution in [0.1, 0.15) is 36.0 Å². The number of hydrogen-bond donors (Lipinski definition) is 0. The first kappa shape index (κ1) is 19.3. The first-order chi connectivity index (χ1) is 15.1. The van der Waals surface area contributed by atoms with Crippen LogP contribution in [-0.2, 0) is 16.6 Å². The van der Waals surface area contributed by atoms with E-state index in [1.807, 2.05) is 38.1 Å². The fourth-order valence-electron chi connectivity index (χ4n) is 5.32. The van der Waals surface area contributed by atoms with Crippen LogP contribution in [0.5, 0.6) is 0 Å². The Balaban J connectivity index is 1.88. The first-order valence-corrected chi connectivity index (χ1v) is 10.4. The van der Waals surface area contributed by atoms with Crippen molar-refractivity contribution in [2.75, 3.05) is 0 Å². The van der Waals surface area contributed by atoms with Gasteiger partial charge in [0.05, 0.1) is 22.4 Å². The van der Waals surface area contributed by atoms with Crippen molar-refractivity contribution in [3.8, 4) is 17.3 Å². The van der Waals surface area contributed by atoms with Gasteiger partial charge in [0.15, 0.2) is 5.78 Å². The predicted octanol–water partition coefficient (Wildman–Crippen LogP) is 3.76. The Hall–Kier alpha value is -3.72. The van der Waals surface area contributed by atoms with Gasteiger partial charge in [-0.25, -0.2) is 19.9 Å². The first-order valence-electron chi connectivity index (χ1n) is 10.4. The number of allylic oxidation sites excluding steroid dienone is 2. The molecule has 0 fully saturated rings. The van der Waals surface area contributed by atoms with Gasteiger partial charge < -0.3 is 0 Å². The maximum Gasteiger partial charge on any atom is 0.176 e. The lowest BCUT2D eigenvalue weighted by Gasteiger charge is -2.48. The lowest BCUT2D eigenvalue weighted by molar-refractivity contribution is -0.121. The molecule has 0 N–H and O–H groups in total. The van der Waals surface area contributed by atoms with Gasteiger partial charge in [0.1, 0.15) is 18.2 Å². The van der Waals surface area contributed by atoms with Gasteiger partial charge in [0.25, 0.3) is 0 Å². The number of aromatic nitrogens is 4. The zero-order chi connectivity index (χ0) is 21.6. The molecule has 2 aromatic heterocycles. The Morgan fingerprint density at radius 1 is 1.13 bits per heavy atom. The molecule has 6 nitrogen and oxygen atoms in total. The summed E-state index contributed by atoms with van der Waals surface area (Å²) in [5, 5.41) is 9.78. The average Bonchev–Trinajstić information content (AvgIpc) is 2.81. The highest BCUT2D eigenvalue weighted by molar-refractivity contribution is 6.02. The summed E-state index contributed by atoms with van der Waals surface area (Å²) in [6, 6.07) is 12.3. The fraction of sp³-hybridized carbons (Fsp3) is 0.280. The van der Waals surface area contributed by atoms with Crippen LogP contribution in [0.15, 0.2) is 60.7 Å². The minimum atomic E-state index is -0.661. The van der Waals surface area contributed by atoms with Crippen molar-refractivity contribution >= 4 is 5.78 Å². The summed E-state index contributed by atoms with van der Waals surface area (Å²) in [6.45, 7) is 3.82. The number of aryl methyl sites for hydroxylation is 1. The van der Waals surface area contributed by atoms with Crippen LogP contribution in [0.3, 0.4) is 0 Å². The van der Waals surface area contributed by atoms with E-state index in [-0.39, 0.29) is 23.2 Å². The topological polar surface area (TPSA) is 92.4 Å². The van der Waals surface area contributed by atoms with Crippen molar-refractivity contribution in [2.24, 2.45) is 11.8 Å². The molecule has 0 radical (unpaired) electrons. The van der Waals surface area contributed by atoms with Gasteiger partial charge in [0.2, 0.25) is 0 Å². The van der Waals surface area contributed by atoms with E-state index in [9.17, 15) is 10.1 Å². The van der Waals surface area contributed by atoms with Crippen molar-refractivity contribution in [2.45, 2.75) is 32.1 Å². The highest BCUT2D eigenvalue weighted by Gasteiger charge is 2.53. The van der Waals surface area contributed by atoms with Crippen molar-refractivity contribution in [1.82, 2.24) is 19.9 Å². The summed E-state index contributed by atoms with van der Waals surface area (Å²) in [4.78, 5) is 30.9. The molecule has 152 valence electrons. The standard InChI is InChI=1S/C25H21N5O/c1-15-21-9-8-20-22(18-12-27-14-28-13-18)29-16(2)30-24(20)25(21,10-17(11-26)23(15)31)19-6-4-3-5-7-19/h3-7,10,12-15,21H,8-9H2,1-2H3/t15-,21-,25+/m0/s1. The molecule has 2 aliphatic rings. The fourth-order valence-corrected chi connectivity index (χ4v) is 5.32. The van der Waals surface area contributed by atoms with Gasteiger partial charge in [-0.05, 0) is 37.3 Å². The van der Waals surface area contributed by atoms with E-state index in [0.29, 0.717) is 5.82 Å². The molecule has 0 aliphatic heterocycles. The molecule has 2 heterocycles. The van der Waals surface area contributed by atoms with E-state index in [1.165, 1.54) is 6.33 Å². The largest absolute Gasteiger partial charge is 0.293 e. The molecule has 5 rings (SSSR count). The van der Waals surface area contributed by atoms with E-state index < -0.39 is 5.41 Å². The number of rotatable bonds is 2. The second kappa shape index (κ2) is 7.21. The van der Waals surface area contributed by atoms with Crippen molar-refractivity contribution < 1.29 is 4.79 Å². The van der Waals surface area contributed by atoms with Gasteiger partial charge in [-0.2, -0.15) is 5.26 Å². The Morgan fingerprint density at radius 3 is 2.58 bits per heavy atom. The predicted molar refractivity (Wildman–Crippen MR) is 115 cm³/mol. The van der Waals surface area contributed by atoms with Crippen LogP contribution in [0.4, 0.5) is 0 Å². The van der Waals surface area contributed by atoms with E-state index in [0.717, 1.165) is 40.9 Å².